The second-order valence-corrected chi connectivity index (χ2v) is 5.67. The van der Waals surface area contributed by atoms with Crippen LogP contribution in [0.5, 0.6) is 0 Å². The van der Waals surface area contributed by atoms with Gasteiger partial charge in [-0.3, -0.25) is 9.59 Å². The van der Waals surface area contributed by atoms with Gasteiger partial charge in [-0.2, -0.15) is 0 Å². The van der Waals surface area contributed by atoms with E-state index in [9.17, 15) is 9.59 Å². The van der Waals surface area contributed by atoms with Gasteiger partial charge in [0, 0.05) is 38.2 Å². The summed E-state index contributed by atoms with van der Waals surface area (Å²) in [7, 11) is 0. The Labute approximate surface area is 133 Å². The lowest BCUT2D eigenvalue weighted by atomic mass is 10.0. The van der Waals surface area contributed by atoms with Gasteiger partial charge in [0.25, 0.3) is 5.91 Å². The zero-order valence-corrected chi connectivity index (χ0v) is 13.9. The number of fused-ring (bicyclic) bond motifs is 1. The monoisotopic (exact) mass is 302 g/mol. The first kappa shape index (κ1) is 16.5. The van der Waals surface area contributed by atoms with Gasteiger partial charge in [-0.15, -0.1) is 0 Å². The van der Waals surface area contributed by atoms with Crippen LogP contribution in [0, 0.1) is 6.92 Å². The minimum Gasteiger partial charge on any atom is -0.343 e. The van der Waals surface area contributed by atoms with E-state index in [0.717, 1.165) is 49.2 Å². The van der Waals surface area contributed by atoms with Crippen molar-refractivity contribution in [3.05, 3.63) is 34.9 Å². The van der Waals surface area contributed by atoms with Crippen LogP contribution < -0.4 is 0 Å². The number of likely N-dealkylation sites (tertiary alicyclic amines) is 1. The van der Waals surface area contributed by atoms with Crippen molar-refractivity contribution in [2.24, 2.45) is 0 Å². The first-order valence-corrected chi connectivity index (χ1v) is 8.32. The van der Waals surface area contributed by atoms with Gasteiger partial charge in [0.15, 0.2) is 0 Å². The van der Waals surface area contributed by atoms with E-state index in [2.05, 4.69) is 0 Å². The lowest BCUT2D eigenvalue weighted by Gasteiger charge is -2.19. The van der Waals surface area contributed by atoms with E-state index in [1.807, 2.05) is 48.8 Å². The van der Waals surface area contributed by atoms with Crippen molar-refractivity contribution < 1.29 is 9.59 Å². The Morgan fingerprint density at radius 2 is 1.82 bits per heavy atom. The maximum atomic E-state index is 12.4. The zero-order chi connectivity index (χ0) is 16.1. The summed E-state index contributed by atoms with van der Waals surface area (Å²) in [6.45, 7) is 9.09. The fourth-order valence-electron chi connectivity index (χ4n) is 3.18. The van der Waals surface area contributed by atoms with E-state index in [4.69, 9.17) is 0 Å². The first-order chi connectivity index (χ1) is 10.7. The molecule has 1 aromatic rings. The Balaban J connectivity index is 0.000000847. The van der Waals surface area contributed by atoms with Gasteiger partial charge in [-0.1, -0.05) is 32.0 Å². The molecule has 3 rings (SSSR count). The molecule has 2 aliphatic heterocycles. The van der Waals surface area contributed by atoms with Crippen molar-refractivity contribution in [1.82, 2.24) is 9.80 Å². The number of hydrogen-bond donors (Lipinski definition) is 0. The molecule has 0 atom stereocenters. The number of hydrogen-bond acceptors (Lipinski definition) is 2. The molecule has 2 amide bonds. The Bertz CT molecular complexity index is 554. The van der Waals surface area contributed by atoms with Crippen LogP contribution in [0.15, 0.2) is 18.2 Å². The Morgan fingerprint density at radius 3 is 2.45 bits per heavy atom. The van der Waals surface area contributed by atoms with Crippen LogP contribution in [-0.2, 0) is 11.3 Å². The van der Waals surface area contributed by atoms with Gasteiger partial charge in [0.1, 0.15) is 0 Å². The summed E-state index contributed by atoms with van der Waals surface area (Å²) in [5.41, 5.74) is 3.07. The molecule has 0 aromatic heterocycles. The fourth-order valence-corrected chi connectivity index (χ4v) is 3.18. The number of benzene rings is 1. The second kappa shape index (κ2) is 7.43. The molecule has 1 aromatic carbocycles. The minimum atomic E-state index is 0.144. The highest BCUT2D eigenvalue weighted by Gasteiger charge is 2.28. The number of amides is 2. The highest BCUT2D eigenvalue weighted by atomic mass is 16.2. The SMILES string of the molecule is CC.Cc1cccc2c1C(=O)N(CCCN1CCCC1=O)C2. The van der Waals surface area contributed by atoms with Crippen molar-refractivity contribution >= 4 is 11.8 Å². The number of carbonyl (C=O) groups is 2. The average molecular weight is 302 g/mol. The lowest BCUT2D eigenvalue weighted by molar-refractivity contribution is -0.127. The highest BCUT2D eigenvalue weighted by Crippen LogP contribution is 2.25. The van der Waals surface area contributed by atoms with Crippen LogP contribution in [0.2, 0.25) is 0 Å². The molecule has 0 bridgehead atoms. The molecule has 4 heteroatoms. The molecule has 1 saturated heterocycles. The molecule has 4 nitrogen and oxygen atoms in total. The summed E-state index contributed by atoms with van der Waals surface area (Å²) in [5, 5.41) is 0. The van der Waals surface area contributed by atoms with Crippen molar-refractivity contribution in [3.8, 4) is 0 Å². The normalized spacial score (nSPS) is 16.7. The lowest BCUT2D eigenvalue weighted by Crippen LogP contribution is -2.31. The molecule has 22 heavy (non-hydrogen) atoms. The average Bonchev–Trinajstić information content (AvgIpc) is 3.07. The molecule has 0 unspecified atom stereocenters. The van der Waals surface area contributed by atoms with E-state index in [1.165, 1.54) is 0 Å². The van der Waals surface area contributed by atoms with Gasteiger partial charge < -0.3 is 9.80 Å². The quantitative estimate of drug-likeness (QED) is 0.858. The molecule has 0 N–H and O–H groups in total. The maximum absolute atomic E-state index is 12.4. The summed E-state index contributed by atoms with van der Waals surface area (Å²) < 4.78 is 0. The Kier molecular flexibility index (Phi) is 5.58. The third-order valence-corrected chi connectivity index (χ3v) is 4.25. The summed E-state index contributed by atoms with van der Waals surface area (Å²) in [6.07, 6.45) is 2.53. The van der Waals surface area contributed by atoms with Crippen LogP contribution in [0.25, 0.3) is 0 Å². The van der Waals surface area contributed by atoms with Crippen LogP contribution in [0.1, 0.15) is 54.6 Å². The van der Waals surface area contributed by atoms with E-state index in [1.54, 1.807) is 0 Å². The smallest absolute Gasteiger partial charge is 0.254 e. The fraction of sp³-hybridized carbons (Fsp3) is 0.556. The van der Waals surface area contributed by atoms with Crippen LogP contribution >= 0.6 is 0 Å². The Morgan fingerprint density at radius 1 is 1.09 bits per heavy atom. The van der Waals surface area contributed by atoms with Crippen molar-refractivity contribution in [3.63, 3.8) is 0 Å². The standard InChI is InChI=1S/C16H20N2O2.C2H6/c1-12-5-2-6-13-11-18(16(20)15(12)13)10-4-9-17-8-3-7-14(17)19;1-2/h2,5-6H,3-4,7-11H2,1H3;1-2H3. The first-order valence-electron chi connectivity index (χ1n) is 8.32. The van der Waals surface area contributed by atoms with E-state index < -0.39 is 0 Å². The van der Waals surface area contributed by atoms with Gasteiger partial charge in [0.2, 0.25) is 5.91 Å². The van der Waals surface area contributed by atoms with Gasteiger partial charge in [0.05, 0.1) is 0 Å². The van der Waals surface area contributed by atoms with E-state index in [-0.39, 0.29) is 11.8 Å². The van der Waals surface area contributed by atoms with Gasteiger partial charge >= 0.3 is 0 Å². The number of rotatable bonds is 4. The summed E-state index contributed by atoms with van der Waals surface area (Å²) in [5.74, 6) is 0.405. The van der Waals surface area contributed by atoms with Crippen molar-refractivity contribution in [2.75, 3.05) is 19.6 Å². The summed E-state index contributed by atoms with van der Waals surface area (Å²) >= 11 is 0. The molecular weight excluding hydrogens is 276 g/mol. The van der Waals surface area contributed by atoms with Crippen molar-refractivity contribution in [1.29, 1.82) is 0 Å². The molecule has 2 aliphatic rings. The molecule has 0 aliphatic carbocycles. The summed E-state index contributed by atoms with van der Waals surface area (Å²) in [6, 6.07) is 6.03. The molecular formula is C18H26N2O2. The molecule has 2 heterocycles. The van der Waals surface area contributed by atoms with E-state index >= 15 is 0 Å². The third kappa shape index (κ3) is 3.32. The maximum Gasteiger partial charge on any atom is 0.254 e. The van der Waals surface area contributed by atoms with Gasteiger partial charge in [-0.25, -0.2) is 0 Å². The molecule has 0 spiro atoms. The predicted octanol–water partition coefficient (Wildman–Crippen LogP) is 2.99. The molecule has 120 valence electrons. The minimum absolute atomic E-state index is 0.144. The number of carbonyl (C=O) groups excluding carboxylic acids is 2. The van der Waals surface area contributed by atoms with Crippen LogP contribution in [0.4, 0.5) is 0 Å². The van der Waals surface area contributed by atoms with Gasteiger partial charge in [-0.05, 0) is 30.9 Å². The summed E-state index contributed by atoms with van der Waals surface area (Å²) in [4.78, 5) is 27.7. The number of aryl methyl sites for hydroxylation is 1. The second-order valence-electron chi connectivity index (χ2n) is 5.67. The molecule has 0 radical (unpaired) electrons. The molecule has 1 fully saturated rings. The van der Waals surface area contributed by atoms with Crippen molar-refractivity contribution in [2.45, 2.75) is 46.6 Å². The third-order valence-electron chi connectivity index (χ3n) is 4.25. The zero-order valence-electron chi connectivity index (χ0n) is 13.9. The largest absolute Gasteiger partial charge is 0.343 e. The Hall–Kier alpha value is -1.84. The number of nitrogens with zero attached hydrogens (tertiary/aromatic N) is 2. The topological polar surface area (TPSA) is 40.6 Å². The predicted molar refractivity (Wildman–Crippen MR) is 87.7 cm³/mol. The van der Waals surface area contributed by atoms with Crippen LogP contribution in [-0.4, -0.2) is 41.2 Å². The molecule has 0 saturated carbocycles. The highest BCUT2D eigenvalue weighted by molar-refractivity contribution is 5.99. The van der Waals surface area contributed by atoms with E-state index in [0.29, 0.717) is 13.0 Å². The van der Waals surface area contributed by atoms with Crippen LogP contribution in [0.3, 0.4) is 0 Å².